The van der Waals surface area contributed by atoms with E-state index in [0.717, 1.165) is 16.8 Å². The van der Waals surface area contributed by atoms with Crippen LogP contribution >= 0.6 is 0 Å². The normalized spacial score (nSPS) is 14.0. The molecule has 0 fully saturated rings. The van der Waals surface area contributed by atoms with E-state index in [9.17, 15) is 9.59 Å². The van der Waals surface area contributed by atoms with E-state index in [2.05, 4.69) is 11.4 Å². The monoisotopic (exact) mass is 368 g/mol. The summed E-state index contributed by atoms with van der Waals surface area (Å²) < 4.78 is 0. The van der Waals surface area contributed by atoms with E-state index < -0.39 is 0 Å². The first-order valence-corrected chi connectivity index (χ1v) is 9.13. The highest BCUT2D eigenvalue weighted by Gasteiger charge is 2.40. The standard InChI is InChI=1S/C24H20N2O2/c1-16-13-17(2)15-19(14-16)25-22-21(18-9-5-3-6-10-18)23(27)26(24(22)28)20-11-7-4-8-12-20/h3-15,25H,1-2H3. The predicted molar refractivity (Wildman–Crippen MR) is 112 cm³/mol. The molecular formula is C24H20N2O2. The fourth-order valence-corrected chi connectivity index (χ4v) is 3.52. The van der Waals surface area contributed by atoms with Gasteiger partial charge in [-0.3, -0.25) is 9.59 Å². The van der Waals surface area contributed by atoms with Crippen LogP contribution in [-0.4, -0.2) is 11.8 Å². The van der Waals surface area contributed by atoms with Gasteiger partial charge < -0.3 is 5.32 Å². The van der Waals surface area contributed by atoms with Gasteiger partial charge in [-0.15, -0.1) is 0 Å². The molecule has 0 radical (unpaired) electrons. The predicted octanol–water partition coefficient (Wildman–Crippen LogP) is 4.70. The minimum atomic E-state index is -0.353. The Hall–Kier alpha value is -3.66. The molecule has 0 spiro atoms. The molecule has 1 N–H and O–H groups in total. The van der Waals surface area contributed by atoms with Crippen molar-refractivity contribution in [1.82, 2.24) is 0 Å². The smallest absolute Gasteiger partial charge is 0.282 e. The largest absolute Gasteiger partial charge is 0.350 e. The third-order valence-corrected chi connectivity index (χ3v) is 4.65. The van der Waals surface area contributed by atoms with E-state index in [4.69, 9.17) is 0 Å². The molecule has 1 heterocycles. The zero-order valence-corrected chi connectivity index (χ0v) is 15.8. The Bertz CT molecular complexity index is 1070. The molecule has 4 rings (SSSR count). The summed E-state index contributed by atoms with van der Waals surface area (Å²) in [7, 11) is 0. The Morgan fingerprint density at radius 1 is 0.714 bits per heavy atom. The summed E-state index contributed by atoms with van der Waals surface area (Å²) in [5.41, 5.74) is 4.91. The lowest BCUT2D eigenvalue weighted by atomic mass is 10.0. The molecule has 28 heavy (non-hydrogen) atoms. The number of nitrogens with zero attached hydrogens (tertiary/aromatic N) is 1. The number of nitrogens with one attached hydrogen (secondary N) is 1. The minimum Gasteiger partial charge on any atom is -0.350 e. The van der Waals surface area contributed by atoms with Crippen molar-refractivity contribution < 1.29 is 9.59 Å². The van der Waals surface area contributed by atoms with E-state index in [-0.39, 0.29) is 11.8 Å². The van der Waals surface area contributed by atoms with Gasteiger partial charge in [0.1, 0.15) is 5.70 Å². The zero-order chi connectivity index (χ0) is 19.7. The molecule has 0 atom stereocenters. The summed E-state index contributed by atoms with van der Waals surface area (Å²) in [5.74, 6) is -0.677. The van der Waals surface area contributed by atoms with E-state index in [0.29, 0.717) is 22.5 Å². The lowest BCUT2D eigenvalue weighted by molar-refractivity contribution is -0.120. The van der Waals surface area contributed by atoms with Crippen molar-refractivity contribution >= 4 is 28.8 Å². The fourth-order valence-electron chi connectivity index (χ4n) is 3.52. The van der Waals surface area contributed by atoms with Crippen LogP contribution in [0, 0.1) is 13.8 Å². The molecule has 0 aliphatic carbocycles. The zero-order valence-electron chi connectivity index (χ0n) is 15.8. The maximum Gasteiger partial charge on any atom is 0.282 e. The highest BCUT2D eigenvalue weighted by molar-refractivity contribution is 6.46. The van der Waals surface area contributed by atoms with Crippen LogP contribution in [0.3, 0.4) is 0 Å². The molecule has 2 amide bonds. The fraction of sp³-hybridized carbons (Fsp3) is 0.0833. The summed E-state index contributed by atoms with van der Waals surface area (Å²) in [6.45, 7) is 4.01. The number of para-hydroxylation sites is 1. The first-order chi connectivity index (χ1) is 13.5. The van der Waals surface area contributed by atoms with Crippen molar-refractivity contribution in [3.63, 3.8) is 0 Å². The number of hydrogen-bond donors (Lipinski definition) is 1. The van der Waals surface area contributed by atoms with Gasteiger partial charge in [-0.25, -0.2) is 4.90 Å². The summed E-state index contributed by atoms with van der Waals surface area (Å²) in [6, 6.07) is 24.3. The number of benzene rings is 3. The molecule has 0 saturated carbocycles. The second-order valence-electron chi connectivity index (χ2n) is 6.90. The number of rotatable bonds is 4. The summed E-state index contributed by atoms with van der Waals surface area (Å²) in [5, 5.41) is 3.22. The van der Waals surface area contributed by atoms with Crippen molar-refractivity contribution in [2.75, 3.05) is 10.2 Å². The van der Waals surface area contributed by atoms with Crippen molar-refractivity contribution in [2.24, 2.45) is 0 Å². The minimum absolute atomic E-state index is 0.296. The van der Waals surface area contributed by atoms with E-state index in [1.165, 1.54) is 4.90 Å². The van der Waals surface area contributed by atoms with Gasteiger partial charge in [-0.05, 0) is 54.8 Å². The number of anilines is 2. The Labute approximate surface area is 164 Å². The Kier molecular flexibility index (Phi) is 4.53. The van der Waals surface area contributed by atoms with Crippen molar-refractivity contribution in [2.45, 2.75) is 13.8 Å². The van der Waals surface area contributed by atoms with Crippen LogP contribution in [0.2, 0.25) is 0 Å². The van der Waals surface area contributed by atoms with Gasteiger partial charge in [0.2, 0.25) is 0 Å². The topological polar surface area (TPSA) is 49.4 Å². The van der Waals surface area contributed by atoms with Crippen molar-refractivity contribution in [1.29, 1.82) is 0 Å². The average Bonchev–Trinajstić information content (AvgIpc) is 2.92. The quantitative estimate of drug-likeness (QED) is 0.679. The molecule has 1 aliphatic rings. The van der Waals surface area contributed by atoms with Crippen LogP contribution in [-0.2, 0) is 9.59 Å². The van der Waals surface area contributed by atoms with E-state index in [1.807, 2.05) is 74.5 Å². The van der Waals surface area contributed by atoms with Crippen molar-refractivity contribution in [3.05, 3.63) is 101 Å². The van der Waals surface area contributed by atoms with E-state index in [1.54, 1.807) is 12.1 Å². The molecule has 1 aliphatic heterocycles. The maximum absolute atomic E-state index is 13.3. The molecule has 0 unspecified atom stereocenters. The average molecular weight is 368 g/mol. The number of hydrogen-bond acceptors (Lipinski definition) is 3. The number of aryl methyl sites for hydroxylation is 2. The SMILES string of the molecule is Cc1cc(C)cc(NC2=C(c3ccccc3)C(=O)N(c3ccccc3)C2=O)c1. The summed E-state index contributed by atoms with van der Waals surface area (Å²) in [4.78, 5) is 27.7. The molecule has 4 nitrogen and oxygen atoms in total. The molecule has 4 heteroatoms. The van der Waals surface area contributed by atoms with E-state index >= 15 is 0 Å². The molecule has 0 bridgehead atoms. The van der Waals surface area contributed by atoms with Gasteiger partial charge in [0.15, 0.2) is 0 Å². The van der Waals surface area contributed by atoms with Gasteiger partial charge in [-0.2, -0.15) is 0 Å². The lowest BCUT2D eigenvalue weighted by Gasteiger charge is -2.15. The van der Waals surface area contributed by atoms with Gasteiger partial charge >= 0.3 is 0 Å². The van der Waals surface area contributed by atoms with Crippen LogP contribution in [0.4, 0.5) is 11.4 Å². The van der Waals surface area contributed by atoms with Crippen LogP contribution in [0.1, 0.15) is 16.7 Å². The van der Waals surface area contributed by atoms with Gasteiger partial charge in [-0.1, -0.05) is 54.6 Å². The van der Waals surface area contributed by atoms with Crippen LogP contribution in [0.15, 0.2) is 84.6 Å². The first kappa shape index (κ1) is 17.7. The van der Waals surface area contributed by atoms with Gasteiger partial charge in [0.05, 0.1) is 11.3 Å². The van der Waals surface area contributed by atoms with Crippen LogP contribution in [0.5, 0.6) is 0 Å². The van der Waals surface area contributed by atoms with Gasteiger partial charge in [0, 0.05) is 5.69 Å². The summed E-state index contributed by atoms with van der Waals surface area (Å²) >= 11 is 0. The Balaban J connectivity index is 1.83. The highest BCUT2D eigenvalue weighted by atomic mass is 16.2. The third-order valence-electron chi connectivity index (χ3n) is 4.65. The Morgan fingerprint density at radius 3 is 1.89 bits per heavy atom. The maximum atomic E-state index is 13.3. The lowest BCUT2D eigenvalue weighted by Crippen LogP contribution is -2.32. The molecular weight excluding hydrogens is 348 g/mol. The van der Waals surface area contributed by atoms with Gasteiger partial charge in [0.25, 0.3) is 11.8 Å². The molecule has 3 aromatic rings. The number of amides is 2. The molecule has 138 valence electrons. The summed E-state index contributed by atoms with van der Waals surface area (Å²) in [6.07, 6.45) is 0. The molecule has 3 aromatic carbocycles. The number of carbonyl (C=O) groups is 2. The Morgan fingerprint density at radius 2 is 1.29 bits per heavy atom. The number of carbonyl (C=O) groups excluding carboxylic acids is 2. The second kappa shape index (κ2) is 7.16. The van der Waals surface area contributed by atoms with Crippen LogP contribution in [0.25, 0.3) is 5.57 Å². The second-order valence-corrected chi connectivity index (χ2v) is 6.90. The van der Waals surface area contributed by atoms with Crippen LogP contribution < -0.4 is 10.2 Å². The van der Waals surface area contributed by atoms with Crippen molar-refractivity contribution in [3.8, 4) is 0 Å². The first-order valence-electron chi connectivity index (χ1n) is 9.13. The molecule has 0 aromatic heterocycles. The highest BCUT2D eigenvalue weighted by Crippen LogP contribution is 2.33. The molecule has 0 saturated heterocycles. The third kappa shape index (κ3) is 3.21. The number of imide groups is 1.